The Kier molecular flexibility index (Phi) is 5.04. The molecule has 0 N–H and O–H groups in total. The van der Waals surface area contributed by atoms with Crippen LogP contribution in [-0.4, -0.2) is 43.7 Å². The standard InChI is InChI=1S/C20H32O7/c1-11-6-7-15-13(3)17(23-10-12(2)16(21)22-5)24-18-20(15)14(11)8-9-19(4,25-18)26-27-20/h11-15,17-18H,6-10H2,1-5H3/t11-,12-,13-,14+,15+,17+,18-,19-,20-/m1/s1. The Labute approximate surface area is 160 Å². The van der Waals surface area contributed by atoms with Gasteiger partial charge in [0.15, 0.2) is 18.2 Å². The summed E-state index contributed by atoms with van der Waals surface area (Å²) >= 11 is 0. The van der Waals surface area contributed by atoms with Gasteiger partial charge in [-0.3, -0.25) is 4.79 Å². The van der Waals surface area contributed by atoms with E-state index < -0.39 is 24.0 Å². The van der Waals surface area contributed by atoms with Crippen LogP contribution >= 0.6 is 0 Å². The second-order valence-corrected chi connectivity index (χ2v) is 9.03. The number of carbonyl (C=O) groups is 1. The monoisotopic (exact) mass is 384 g/mol. The van der Waals surface area contributed by atoms with Crippen molar-refractivity contribution in [1.29, 1.82) is 0 Å². The molecule has 0 unspecified atom stereocenters. The van der Waals surface area contributed by atoms with Gasteiger partial charge in [0.2, 0.25) is 5.79 Å². The molecule has 5 fully saturated rings. The number of hydrogen-bond acceptors (Lipinski definition) is 7. The molecule has 4 aliphatic heterocycles. The Morgan fingerprint density at radius 3 is 2.70 bits per heavy atom. The van der Waals surface area contributed by atoms with Crippen LogP contribution in [0.15, 0.2) is 0 Å². The van der Waals surface area contributed by atoms with Crippen LogP contribution in [-0.2, 0) is 33.5 Å². The zero-order chi connectivity index (χ0) is 19.4. The summed E-state index contributed by atoms with van der Waals surface area (Å²) in [6, 6.07) is 0. The number of fused-ring (bicyclic) bond motifs is 2. The molecule has 5 aliphatic rings. The zero-order valence-corrected chi connectivity index (χ0v) is 16.9. The molecule has 5 rings (SSSR count). The molecular weight excluding hydrogens is 352 g/mol. The lowest BCUT2D eigenvalue weighted by Crippen LogP contribution is -2.70. The Hall–Kier alpha value is -0.730. The Bertz CT molecular complexity index is 583. The maximum absolute atomic E-state index is 11.7. The number of ether oxygens (including phenoxy) is 4. The van der Waals surface area contributed by atoms with E-state index in [1.807, 2.05) is 6.92 Å². The van der Waals surface area contributed by atoms with Crippen molar-refractivity contribution in [2.24, 2.45) is 29.6 Å². The molecule has 0 aromatic rings. The van der Waals surface area contributed by atoms with Gasteiger partial charge in [0.1, 0.15) is 0 Å². The molecule has 0 radical (unpaired) electrons. The van der Waals surface area contributed by atoms with Crippen molar-refractivity contribution in [2.75, 3.05) is 13.7 Å². The molecule has 27 heavy (non-hydrogen) atoms. The number of methoxy groups -OCH3 is 1. The first kappa shape index (κ1) is 19.6. The molecule has 1 saturated carbocycles. The highest BCUT2D eigenvalue weighted by Gasteiger charge is 2.69. The highest BCUT2D eigenvalue weighted by Crippen LogP contribution is 2.60. The minimum atomic E-state index is -0.790. The van der Waals surface area contributed by atoms with Gasteiger partial charge in [-0.1, -0.05) is 13.8 Å². The lowest BCUT2D eigenvalue weighted by Gasteiger charge is -2.60. The predicted molar refractivity (Wildman–Crippen MR) is 94.0 cm³/mol. The Balaban J connectivity index is 1.57. The molecule has 4 heterocycles. The summed E-state index contributed by atoms with van der Waals surface area (Å²) in [6.45, 7) is 8.39. The zero-order valence-electron chi connectivity index (χ0n) is 16.9. The molecule has 9 atom stereocenters. The van der Waals surface area contributed by atoms with E-state index in [1.165, 1.54) is 7.11 Å². The van der Waals surface area contributed by atoms with E-state index in [4.69, 9.17) is 28.7 Å². The molecule has 7 nitrogen and oxygen atoms in total. The van der Waals surface area contributed by atoms with Gasteiger partial charge >= 0.3 is 5.97 Å². The van der Waals surface area contributed by atoms with Crippen molar-refractivity contribution in [3.63, 3.8) is 0 Å². The topological polar surface area (TPSA) is 72.5 Å². The SMILES string of the molecule is COC(=O)[C@H](C)CO[C@H]1O[C@@H]2O[C@@]3(C)CC[C@H]4[C@H](C)CC[C@@H]([C@H]1C)[C@@]24OO3. The van der Waals surface area contributed by atoms with Crippen molar-refractivity contribution < 1.29 is 33.5 Å². The fourth-order valence-corrected chi connectivity index (χ4v) is 5.57. The number of esters is 1. The highest BCUT2D eigenvalue weighted by molar-refractivity contribution is 5.71. The van der Waals surface area contributed by atoms with Gasteiger partial charge in [0, 0.05) is 18.3 Å². The van der Waals surface area contributed by atoms with Crippen molar-refractivity contribution in [3.8, 4) is 0 Å². The third-order valence-electron chi connectivity index (χ3n) is 7.21. The van der Waals surface area contributed by atoms with Gasteiger partial charge in [-0.15, -0.1) is 0 Å². The predicted octanol–water partition coefficient (Wildman–Crippen LogP) is 3.02. The molecule has 0 aromatic heterocycles. The quantitative estimate of drug-likeness (QED) is 0.545. The van der Waals surface area contributed by atoms with E-state index in [0.717, 1.165) is 25.7 Å². The normalized spacial score (nSPS) is 49.8. The first-order chi connectivity index (χ1) is 12.8. The maximum atomic E-state index is 11.7. The Morgan fingerprint density at radius 1 is 1.19 bits per heavy atom. The van der Waals surface area contributed by atoms with Crippen molar-refractivity contribution >= 4 is 5.97 Å². The van der Waals surface area contributed by atoms with Gasteiger partial charge in [-0.2, -0.15) is 0 Å². The van der Waals surface area contributed by atoms with Gasteiger partial charge in [-0.25, -0.2) is 9.78 Å². The summed E-state index contributed by atoms with van der Waals surface area (Å²) in [5.41, 5.74) is -0.582. The smallest absolute Gasteiger partial charge is 0.310 e. The van der Waals surface area contributed by atoms with Crippen LogP contribution in [0.25, 0.3) is 0 Å². The van der Waals surface area contributed by atoms with E-state index in [0.29, 0.717) is 11.8 Å². The van der Waals surface area contributed by atoms with E-state index in [9.17, 15) is 4.79 Å². The summed E-state index contributed by atoms with van der Waals surface area (Å²) in [6.07, 6.45) is 3.00. The number of hydrogen-bond donors (Lipinski definition) is 0. The van der Waals surface area contributed by atoms with E-state index in [2.05, 4.69) is 13.8 Å². The molecule has 4 saturated heterocycles. The van der Waals surface area contributed by atoms with Gasteiger partial charge in [0.05, 0.1) is 19.6 Å². The van der Waals surface area contributed by atoms with Crippen LogP contribution in [0, 0.1) is 29.6 Å². The van der Waals surface area contributed by atoms with E-state index >= 15 is 0 Å². The molecule has 2 bridgehead atoms. The minimum Gasteiger partial charge on any atom is -0.469 e. The van der Waals surface area contributed by atoms with Crippen molar-refractivity contribution in [3.05, 3.63) is 0 Å². The van der Waals surface area contributed by atoms with Crippen LogP contribution in [0.3, 0.4) is 0 Å². The molecule has 1 spiro atoms. The first-order valence-electron chi connectivity index (χ1n) is 10.2. The van der Waals surface area contributed by atoms with Gasteiger partial charge < -0.3 is 18.9 Å². The lowest BCUT2D eigenvalue weighted by molar-refractivity contribution is -0.577. The summed E-state index contributed by atoms with van der Waals surface area (Å²) in [5, 5.41) is 0. The molecular formula is C20H32O7. The lowest BCUT2D eigenvalue weighted by atomic mass is 9.58. The summed E-state index contributed by atoms with van der Waals surface area (Å²) < 4.78 is 23.4. The van der Waals surface area contributed by atoms with Gasteiger partial charge in [0.25, 0.3) is 0 Å². The Morgan fingerprint density at radius 2 is 1.96 bits per heavy atom. The molecule has 0 amide bonds. The van der Waals surface area contributed by atoms with E-state index in [1.54, 1.807) is 6.92 Å². The van der Waals surface area contributed by atoms with Crippen molar-refractivity contribution in [1.82, 2.24) is 0 Å². The first-order valence-corrected chi connectivity index (χ1v) is 10.2. The molecule has 7 heteroatoms. The van der Waals surface area contributed by atoms with Crippen molar-refractivity contribution in [2.45, 2.75) is 77.3 Å². The second-order valence-electron chi connectivity index (χ2n) is 9.03. The third kappa shape index (κ3) is 3.02. The number of carbonyl (C=O) groups excluding carboxylic acids is 1. The fourth-order valence-electron chi connectivity index (χ4n) is 5.57. The molecule has 154 valence electrons. The summed E-state index contributed by atoms with van der Waals surface area (Å²) in [5.74, 6) is -0.219. The van der Waals surface area contributed by atoms with Crippen LogP contribution < -0.4 is 0 Å². The largest absolute Gasteiger partial charge is 0.469 e. The average molecular weight is 384 g/mol. The third-order valence-corrected chi connectivity index (χ3v) is 7.21. The van der Waals surface area contributed by atoms with Crippen LogP contribution in [0.1, 0.15) is 53.4 Å². The maximum Gasteiger partial charge on any atom is 0.310 e. The molecule has 1 aliphatic carbocycles. The van der Waals surface area contributed by atoms with Crippen LogP contribution in [0.4, 0.5) is 0 Å². The summed E-state index contributed by atoms with van der Waals surface area (Å²) in [4.78, 5) is 23.6. The number of rotatable bonds is 4. The highest BCUT2D eigenvalue weighted by atomic mass is 17.3. The van der Waals surface area contributed by atoms with Gasteiger partial charge in [-0.05, 0) is 44.9 Å². The van der Waals surface area contributed by atoms with Crippen LogP contribution in [0.2, 0.25) is 0 Å². The van der Waals surface area contributed by atoms with E-state index in [-0.39, 0.29) is 30.3 Å². The van der Waals surface area contributed by atoms with Crippen LogP contribution in [0.5, 0.6) is 0 Å². The second kappa shape index (κ2) is 6.95. The summed E-state index contributed by atoms with van der Waals surface area (Å²) in [7, 11) is 1.39. The fraction of sp³-hybridized carbons (Fsp3) is 0.950. The minimum absolute atomic E-state index is 0.107. The molecule has 0 aromatic carbocycles. The average Bonchev–Trinajstić information content (AvgIpc) is 2.88.